The quantitative estimate of drug-likeness (QED) is 0.368. The zero-order chi connectivity index (χ0) is 20.3. The Morgan fingerprint density at radius 3 is 2.38 bits per heavy atom. The molecule has 0 aliphatic rings. The van der Waals surface area contributed by atoms with E-state index in [9.17, 15) is 13.2 Å². The maximum Gasteiger partial charge on any atom is 0.416 e. The Bertz CT molecular complexity index is 1080. The summed E-state index contributed by atoms with van der Waals surface area (Å²) in [4.78, 5) is 0. The number of aromatic nitrogens is 3. The summed E-state index contributed by atoms with van der Waals surface area (Å²) in [5.41, 5.74) is 0.601. The van der Waals surface area contributed by atoms with Gasteiger partial charge in [-0.05, 0) is 29.3 Å². The van der Waals surface area contributed by atoms with Crippen LogP contribution in [0, 0.1) is 0 Å². The number of hydrogen-bond donors (Lipinski definition) is 0. The summed E-state index contributed by atoms with van der Waals surface area (Å²) in [5.74, 6) is 1.21. The van der Waals surface area contributed by atoms with Gasteiger partial charge in [-0.1, -0.05) is 60.3 Å². The minimum Gasteiger partial charge on any atom is -0.461 e. The molecule has 0 saturated carbocycles. The zero-order valence-corrected chi connectivity index (χ0v) is 16.0. The molecule has 0 saturated heterocycles. The average molecular weight is 415 g/mol. The number of rotatable bonds is 6. The summed E-state index contributed by atoms with van der Waals surface area (Å²) in [6.07, 6.45) is -2.85. The number of thioether (sulfide) groups is 1. The zero-order valence-electron chi connectivity index (χ0n) is 15.1. The lowest BCUT2D eigenvalue weighted by Gasteiger charge is -2.13. The van der Waals surface area contributed by atoms with Gasteiger partial charge in [0, 0.05) is 5.75 Å². The molecule has 4 aromatic rings. The van der Waals surface area contributed by atoms with E-state index in [-0.39, 0.29) is 11.3 Å². The molecule has 2 aromatic carbocycles. The average Bonchev–Trinajstić information content (AvgIpc) is 3.37. The molecule has 0 unspecified atom stereocenters. The van der Waals surface area contributed by atoms with Gasteiger partial charge in [0.2, 0.25) is 5.82 Å². The largest absolute Gasteiger partial charge is 0.461 e. The maximum atomic E-state index is 13.3. The van der Waals surface area contributed by atoms with Crippen molar-refractivity contribution in [3.8, 4) is 11.6 Å². The second-order valence-electron chi connectivity index (χ2n) is 6.30. The summed E-state index contributed by atoms with van der Waals surface area (Å²) < 4.78 is 47.1. The van der Waals surface area contributed by atoms with Gasteiger partial charge in [0.25, 0.3) is 0 Å². The highest BCUT2D eigenvalue weighted by atomic mass is 32.2. The van der Waals surface area contributed by atoms with Crippen molar-refractivity contribution in [1.82, 2.24) is 14.8 Å². The first-order valence-electron chi connectivity index (χ1n) is 8.81. The summed E-state index contributed by atoms with van der Waals surface area (Å²) in [6, 6.07) is 18.8. The fourth-order valence-corrected chi connectivity index (χ4v) is 3.90. The molecule has 0 amide bonds. The number of nitrogens with zero attached hydrogens (tertiary/aromatic N) is 3. The van der Waals surface area contributed by atoms with Gasteiger partial charge in [-0.3, -0.25) is 4.57 Å². The van der Waals surface area contributed by atoms with Crippen molar-refractivity contribution in [3.63, 3.8) is 0 Å². The minimum absolute atomic E-state index is 0.126. The maximum absolute atomic E-state index is 13.3. The van der Waals surface area contributed by atoms with Gasteiger partial charge in [-0.25, -0.2) is 0 Å². The van der Waals surface area contributed by atoms with Crippen molar-refractivity contribution in [2.24, 2.45) is 0 Å². The van der Waals surface area contributed by atoms with E-state index in [1.807, 2.05) is 34.9 Å². The first-order valence-corrected chi connectivity index (χ1v) is 9.80. The van der Waals surface area contributed by atoms with Gasteiger partial charge in [-0.2, -0.15) is 13.2 Å². The number of halogens is 3. The van der Waals surface area contributed by atoms with Crippen LogP contribution in [0.15, 0.2) is 82.6 Å². The Balaban J connectivity index is 1.65. The molecule has 0 radical (unpaired) electrons. The first kappa shape index (κ1) is 19.3. The van der Waals surface area contributed by atoms with Gasteiger partial charge in [0.15, 0.2) is 10.9 Å². The van der Waals surface area contributed by atoms with Crippen molar-refractivity contribution in [2.45, 2.75) is 23.6 Å². The van der Waals surface area contributed by atoms with Crippen LogP contribution in [0.3, 0.4) is 0 Å². The number of alkyl halides is 3. The first-order chi connectivity index (χ1) is 14.0. The molecule has 0 aliphatic carbocycles. The monoisotopic (exact) mass is 415 g/mol. The highest BCUT2D eigenvalue weighted by molar-refractivity contribution is 7.98. The Kier molecular flexibility index (Phi) is 5.44. The third-order valence-corrected chi connectivity index (χ3v) is 5.34. The Morgan fingerprint density at radius 1 is 0.897 bits per heavy atom. The molecule has 0 fully saturated rings. The lowest BCUT2D eigenvalue weighted by atomic mass is 10.1. The predicted molar refractivity (Wildman–Crippen MR) is 104 cm³/mol. The van der Waals surface area contributed by atoms with Crippen LogP contribution >= 0.6 is 11.8 Å². The molecule has 0 spiro atoms. The van der Waals surface area contributed by atoms with Gasteiger partial charge in [0.05, 0.1) is 18.4 Å². The summed E-state index contributed by atoms with van der Waals surface area (Å²) in [5, 5.41) is 8.95. The Labute approximate surface area is 169 Å². The fraction of sp³-hybridized carbons (Fsp3) is 0.143. The van der Waals surface area contributed by atoms with Crippen LogP contribution in [0.2, 0.25) is 0 Å². The Hall–Kier alpha value is -3.00. The van der Waals surface area contributed by atoms with Crippen LogP contribution in [0.1, 0.15) is 16.7 Å². The third kappa shape index (κ3) is 4.37. The standard InChI is InChI=1S/C21H16F3N3OS/c22-21(23,24)17-10-5-4-9-16(17)14-29-20-26-25-19(18-11-6-12-28-18)27(20)13-15-7-2-1-3-8-15/h1-12H,13-14H2. The van der Waals surface area contributed by atoms with E-state index in [0.717, 1.165) is 11.6 Å². The van der Waals surface area contributed by atoms with Crippen LogP contribution in [0.5, 0.6) is 0 Å². The van der Waals surface area contributed by atoms with Crippen molar-refractivity contribution in [2.75, 3.05) is 0 Å². The molecule has 2 aromatic heterocycles. The third-order valence-electron chi connectivity index (χ3n) is 4.32. The lowest BCUT2D eigenvalue weighted by molar-refractivity contribution is -0.138. The van der Waals surface area contributed by atoms with Crippen LogP contribution in [-0.2, 0) is 18.5 Å². The van der Waals surface area contributed by atoms with Gasteiger partial charge in [-0.15, -0.1) is 10.2 Å². The number of furan rings is 1. The fourth-order valence-electron chi connectivity index (χ4n) is 2.96. The van der Waals surface area contributed by atoms with Gasteiger partial charge < -0.3 is 4.42 Å². The molecule has 148 valence electrons. The van der Waals surface area contributed by atoms with Crippen molar-refractivity contribution < 1.29 is 17.6 Å². The van der Waals surface area contributed by atoms with E-state index >= 15 is 0 Å². The molecule has 0 bridgehead atoms. The van der Waals surface area contributed by atoms with Crippen molar-refractivity contribution in [1.29, 1.82) is 0 Å². The molecular formula is C21H16F3N3OS. The number of benzene rings is 2. The van der Waals surface area contributed by atoms with E-state index in [2.05, 4.69) is 10.2 Å². The molecule has 4 nitrogen and oxygen atoms in total. The molecule has 0 aliphatic heterocycles. The molecule has 2 heterocycles. The van der Waals surface area contributed by atoms with Crippen LogP contribution < -0.4 is 0 Å². The normalized spacial score (nSPS) is 11.7. The minimum atomic E-state index is -4.39. The van der Waals surface area contributed by atoms with Gasteiger partial charge >= 0.3 is 6.18 Å². The van der Waals surface area contributed by atoms with Gasteiger partial charge in [0.1, 0.15) is 0 Å². The SMILES string of the molecule is FC(F)(F)c1ccccc1CSc1nnc(-c2ccco2)n1Cc1ccccc1. The van der Waals surface area contributed by atoms with E-state index in [4.69, 9.17) is 4.42 Å². The highest BCUT2D eigenvalue weighted by Crippen LogP contribution is 2.35. The topological polar surface area (TPSA) is 43.9 Å². The molecule has 4 rings (SSSR count). The van der Waals surface area contributed by atoms with E-state index in [1.54, 1.807) is 24.5 Å². The van der Waals surface area contributed by atoms with E-state index < -0.39 is 11.7 Å². The molecule has 8 heteroatoms. The van der Waals surface area contributed by atoms with Crippen LogP contribution in [0.4, 0.5) is 13.2 Å². The predicted octanol–water partition coefficient (Wildman–Crippen LogP) is 5.90. The smallest absolute Gasteiger partial charge is 0.416 e. The van der Waals surface area contributed by atoms with Crippen LogP contribution in [-0.4, -0.2) is 14.8 Å². The Morgan fingerprint density at radius 2 is 1.66 bits per heavy atom. The molecular weight excluding hydrogens is 399 g/mol. The highest BCUT2D eigenvalue weighted by Gasteiger charge is 2.33. The van der Waals surface area contributed by atoms with E-state index in [1.165, 1.54) is 23.9 Å². The van der Waals surface area contributed by atoms with Crippen molar-refractivity contribution in [3.05, 3.63) is 89.7 Å². The van der Waals surface area contributed by atoms with Crippen molar-refractivity contribution >= 4 is 11.8 Å². The summed E-state index contributed by atoms with van der Waals surface area (Å²) >= 11 is 1.22. The van der Waals surface area contributed by atoms with Crippen LogP contribution in [0.25, 0.3) is 11.6 Å². The summed E-state index contributed by atoms with van der Waals surface area (Å²) in [7, 11) is 0. The summed E-state index contributed by atoms with van der Waals surface area (Å²) in [6.45, 7) is 0.479. The second kappa shape index (κ2) is 8.16. The molecule has 29 heavy (non-hydrogen) atoms. The van der Waals surface area contributed by atoms with E-state index in [0.29, 0.717) is 23.3 Å². The second-order valence-corrected chi connectivity index (χ2v) is 7.24. The molecule has 0 N–H and O–H groups in total. The lowest BCUT2D eigenvalue weighted by Crippen LogP contribution is -2.08. The number of hydrogen-bond acceptors (Lipinski definition) is 4. The molecule has 0 atom stereocenters.